The summed E-state index contributed by atoms with van der Waals surface area (Å²) < 4.78 is 6.70. The number of amides is 2. The molecule has 0 saturated heterocycles. The molecule has 1 aromatic carbocycles. The maximum absolute atomic E-state index is 12.9. The number of halogens is 1. The van der Waals surface area contributed by atoms with Crippen LogP contribution >= 0.6 is 22.9 Å². The Morgan fingerprint density at radius 2 is 1.69 bits per heavy atom. The normalized spacial score (nSPS) is 11.7. The van der Waals surface area contributed by atoms with Crippen LogP contribution in [0.25, 0.3) is 0 Å². The Morgan fingerprint density at radius 3 is 2.31 bits per heavy atom. The SMILES string of the molecule is CC(C)(C)[Si](C)(C)OCCNc1ccc(NC(=O)c2ncccc2NC(=O)c2ccc(Cl)s2)cc1. The van der Waals surface area contributed by atoms with Crippen molar-refractivity contribution in [2.24, 2.45) is 0 Å². The third-order valence-corrected chi connectivity index (χ3v) is 11.7. The van der Waals surface area contributed by atoms with E-state index in [1.807, 2.05) is 24.3 Å². The summed E-state index contributed by atoms with van der Waals surface area (Å²) in [6.45, 7) is 12.5. The summed E-state index contributed by atoms with van der Waals surface area (Å²) in [4.78, 5) is 29.9. The zero-order chi connectivity index (χ0) is 25.6. The molecule has 0 aliphatic rings. The van der Waals surface area contributed by atoms with E-state index < -0.39 is 14.2 Å². The van der Waals surface area contributed by atoms with Gasteiger partial charge in [-0.2, -0.15) is 0 Å². The zero-order valence-corrected chi connectivity index (χ0v) is 23.1. The number of carbonyl (C=O) groups is 2. The molecule has 3 rings (SSSR count). The number of pyridine rings is 1. The van der Waals surface area contributed by atoms with Crippen molar-refractivity contribution in [3.8, 4) is 0 Å². The average molecular weight is 531 g/mol. The number of thiophene rings is 1. The summed E-state index contributed by atoms with van der Waals surface area (Å²) in [6, 6.07) is 14.0. The number of rotatable bonds is 9. The minimum absolute atomic E-state index is 0.119. The maximum atomic E-state index is 12.9. The molecule has 0 spiro atoms. The fourth-order valence-electron chi connectivity index (χ4n) is 2.89. The molecule has 0 bridgehead atoms. The molecule has 0 saturated carbocycles. The van der Waals surface area contributed by atoms with Crippen LogP contribution in [0.4, 0.5) is 17.1 Å². The lowest BCUT2D eigenvalue weighted by Crippen LogP contribution is -2.41. The lowest BCUT2D eigenvalue weighted by atomic mass is 10.2. The van der Waals surface area contributed by atoms with Crippen molar-refractivity contribution in [1.29, 1.82) is 0 Å². The third-order valence-electron chi connectivity index (χ3n) is 5.91. The molecule has 0 atom stereocenters. The summed E-state index contributed by atoms with van der Waals surface area (Å²) in [5, 5.41) is 9.09. The second kappa shape index (κ2) is 11.3. The van der Waals surface area contributed by atoms with Crippen molar-refractivity contribution in [3.63, 3.8) is 0 Å². The van der Waals surface area contributed by atoms with Gasteiger partial charge >= 0.3 is 0 Å². The van der Waals surface area contributed by atoms with Crippen molar-refractivity contribution in [3.05, 3.63) is 69.6 Å². The van der Waals surface area contributed by atoms with E-state index in [-0.39, 0.29) is 16.6 Å². The van der Waals surface area contributed by atoms with Crippen LogP contribution in [0.1, 0.15) is 40.9 Å². The first kappa shape index (κ1) is 26.9. The highest BCUT2D eigenvalue weighted by Gasteiger charge is 2.36. The van der Waals surface area contributed by atoms with Gasteiger partial charge in [-0.3, -0.25) is 9.59 Å². The first-order valence-electron chi connectivity index (χ1n) is 11.3. The Morgan fingerprint density at radius 1 is 1.00 bits per heavy atom. The van der Waals surface area contributed by atoms with Gasteiger partial charge in [0, 0.05) is 24.1 Å². The minimum Gasteiger partial charge on any atom is -0.415 e. The third kappa shape index (κ3) is 7.38. The topological polar surface area (TPSA) is 92.3 Å². The van der Waals surface area contributed by atoms with Crippen molar-refractivity contribution < 1.29 is 14.0 Å². The predicted molar refractivity (Wildman–Crippen MR) is 148 cm³/mol. The molecular weight excluding hydrogens is 500 g/mol. The molecule has 0 fully saturated rings. The van der Waals surface area contributed by atoms with Crippen LogP contribution in [0.2, 0.25) is 22.5 Å². The van der Waals surface area contributed by atoms with Crippen molar-refractivity contribution in [1.82, 2.24) is 4.98 Å². The van der Waals surface area contributed by atoms with E-state index in [9.17, 15) is 9.59 Å². The molecule has 35 heavy (non-hydrogen) atoms. The minimum atomic E-state index is -1.76. The van der Waals surface area contributed by atoms with Gasteiger partial charge in [0.1, 0.15) is 0 Å². The van der Waals surface area contributed by atoms with Gasteiger partial charge in [0.25, 0.3) is 11.8 Å². The summed E-state index contributed by atoms with van der Waals surface area (Å²) in [5.74, 6) is -0.773. The Hall–Kier alpha value is -2.72. The molecular formula is C25H31ClN4O3SSi. The van der Waals surface area contributed by atoms with E-state index in [2.05, 4.69) is 54.8 Å². The van der Waals surface area contributed by atoms with Gasteiger partial charge in [-0.05, 0) is 66.7 Å². The molecule has 0 aliphatic carbocycles. The van der Waals surface area contributed by atoms with Crippen LogP contribution in [0.15, 0.2) is 54.7 Å². The Labute approximate surface area is 216 Å². The van der Waals surface area contributed by atoms with Gasteiger partial charge < -0.3 is 20.4 Å². The average Bonchev–Trinajstić information content (AvgIpc) is 3.24. The lowest BCUT2D eigenvalue weighted by molar-refractivity contribution is 0.102. The number of nitrogens with zero attached hydrogens (tertiary/aromatic N) is 1. The van der Waals surface area contributed by atoms with Crippen LogP contribution in [-0.2, 0) is 4.43 Å². The van der Waals surface area contributed by atoms with Crippen LogP contribution in [0, 0.1) is 0 Å². The number of anilines is 3. The highest BCUT2D eigenvalue weighted by molar-refractivity contribution is 7.18. The number of hydrogen-bond acceptors (Lipinski definition) is 6. The smallest absolute Gasteiger partial charge is 0.276 e. The number of hydrogen-bond donors (Lipinski definition) is 3. The summed E-state index contributed by atoms with van der Waals surface area (Å²) in [7, 11) is -1.76. The largest absolute Gasteiger partial charge is 0.415 e. The molecule has 0 unspecified atom stereocenters. The van der Waals surface area contributed by atoms with Crippen LogP contribution in [-0.4, -0.2) is 38.3 Å². The van der Waals surface area contributed by atoms with E-state index in [0.29, 0.717) is 33.7 Å². The van der Waals surface area contributed by atoms with E-state index >= 15 is 0 Å². The molecule has 7 nitrogen and oxygen atoms in total. The molecule has 2 heterocycles. The number of aromatic nitrogens is 1. The van der Waals surface area contributed by atoms with Crippen LogP contribution < -0.4 is 16.0 Å². The zero-order valence-electron chi connectivity index (χ0n) is 20.6. The maximum Gasteiger partial charge on any atom is 0.276 e. The van der Waals surface area contributed by atoms with E-state index in [1.165, 1.54) is 6.20 Å². The van der Waals surface area contributed by atoms with Gasteiger partial charge in [-0.25, -0.2) is 4.98 Å². The van der Waals surface area contributed by atoms with Gasteiger partial charge in [0.05, 0.1) is 21.5 Å². The molecule has 0 radical (unpaired) electrons. The van der Waals surface area contributed by atoms with Crippen LogP contribution in [0.5, 0.6) is 0 Å². The van der Waals surface area contributed by atoms with E-state index in [1.54, 1.807) is 24.3 Å². The summed E-state index contributed by atoms with van der Waals surface area (Å²) >= 11 is 7.08. The number of carbonyl (C=O) groups excluding carboxylic acids is 2. The van der Waals surface area contributed by atoms with Crippen molar-refractivity contribution in [2.75, 3.05) is 29.1 Å². The van der Waals surface area contributed by atoms with Gasteiger partial charge in [0.2, 0.25) is 0 Å². The van der Waals surface area contributed by atoms with E-state index in [0.717, 1.165) is 17.0 Å². The standard InChI is InChI=1S/C25H31ClN4O3SSi/c1-25(2,3)35(4,5)33-16-15-27-17-8-10-18(11-9-17)29-24(32)22-19(7-6-14-28-22)30-23(31)20-12-13-21(26)34-20/h6-14,27H,15-16H2,1-5H3,(H,29,32)(H,30,31). The van der Waals surface area contributed by atoms with Crippen molar-refractivity contribution >= 4 is 60.1 Å². The first-order chi connectivity index (χ1) is 16.5. The molecule has 10 heteroatoms. The quantitative estimate of drug-likeness (QED) is 0.210. The van der Waals surface area contributed by atoms with Gasteiger partial charge in [-0.15, -0.1) is 11.3 Å². The van der Waals surface area contributed by atoms with Gasteiger partial charge in [-0.1, -0.05) is 32.4 Å². The molecule has 2 amide bonds. The number of nitrogens with one attached hydrogen (secondary N) is 3. The molecule has 0 aliphatic heterocycles. The van der Waals surface area contributed by atoms with Crippen LogP contribution in [0.3, 0.4) is 0 Å². The predicted octanol–water partition coefficient (Wildman–Crippen LogP) is 6.73. The van der Waals surface area contributed by atoms with Crippen molar-refractivity contribution in [2.45, 2.75) is 38.9 Å². The second-order valence-electron chi connectivity index (χ2n) is 9.52. The lowest BCUT2D eigenvalue weighted by Gasteiger charge is -2.36. The molecule has 186 valence electrons. The highest BCUT2D eigenvalue weighted by Crippen LogP contribution is 2.36. The monoisotopic (exact) mass is 530 g/mol. The fourth-order valence-corrected chi connectivity index (χ4v) is 4.87. The molecule has 2 aromatic heterocycles. The Kier molecular flexibility index (Phi) is 8.71. The molecule has 3 aromatic rings. The van der Waals surface area contributed by atoms with Gasteiger partial charge in [0.15, 0.2) is 14.0 Å². The summed E-state index contributed by atoms with van der Waals surface area (Å²) in [5.41, 5.74) is 1.99. The Balaban J connectivity index is 1.56. The highest BCUT2D eigenvalue weighted by atomic mass is 35.5. The molecule has 3 N–H and O–H groups in total. The fraction of sp³-hybridized carbons (Fsp3) is 0.320. The van der Waals surface area contributed by atoms with E-state index in [4.69, 9.17) is 16.0 Å². The Bertz CT molecular complexity index is 1180. The number of benzene rings is 1. The first-order valence-corrected chi connectivity index (χ1v) is 15.4. The summed E-state index contributed by atoms with van der Waals surface area (Å²) in [6.07, 6.45) is 1.51. The second-order valence-corrected chi connectivity index (χ2v) is 16.0.